The molecule has 0 aliphatic rings. The minimum absolute atomic E-state index is 0.111. The molecule has 0 aromatic rings. The fourth-order valence-corrected chi connectivity index (χ4v) is 0.732. The van der Waals surface area contributed by atoms with E-state index < -0.39 is 18.3 Å². The molecular formula is C8H14N2O4. The molecule has 0 unspecified atom stereocenters. The number of hydrogen-bond donors (Lipinski definition) is 2. The van der Waals surface area contributed by atoms with E-state index in [0.717, 1.165) is 0 Å². The predicted octanol–water partition coefficient (Wildman–Crippen LogP) is -0.944. The average Bonchev–Trinajstić information content (AvgIpc) is 2.02. The average molecular weight is 202 g/mol. The number of hydrogen-bond acceptors (Lipinski definition) is 3. The number of amides is 2. The molecule has 0 aliphatic carbocycles. The summed E-state index contributed by atoms with van der Waals surface area (Å²) < 4.78 is 0. The summed E-state index contributed by atoms with van der Waals surface area (Å²) in [5.74, 6) is -1.87. The molecule has 80 valence electrons. The second kappa shape index (κ2) is 5.95. The van der Waals surface area contributed by atoms with Crippen molar-refractivity contribution in [3.05, 3.63) is 0 Å². The number of nitrogens with zero attached hydrogens (tertiary/aromatic N) is 1. The normalized spacial score (nSPS) is 9.29. The van der Waals surface area contributed by atoms with Gasteiger partial charge in [0.15, 0.2) is 0 Å². The molecule has 6 heteroatoms. The Bertz CT molecular complexity index is 237. The summed E-state index contributed by atoms with van der Waals surface area (Å²) in [7, 11) is 3.23. The highest BCUT2D eigenvalue weighted by Crippen LogP contribution is 1.86. The first-order chi connectivity index (χ1) is 6.43. The Morgan fingerprint density at radius 2 is 1.86 bits per heavy atom. The molecule has 0 spiro atoms. The van der Waals surface area contributed by atoms with E-state index in [1.807, 2.05) is 0 Å². The molecular weight excluding hydrogens is 188 g/mol. The van der Waals surface area contributed by atoms with Crippen LogP contribution >= 0.6 is 0 Å². The zero-order valence-corrected chi connectivity index (χ0v) is 8.24. The molecule has 2 N–H and O–H groups in total. The van der Waals surface area contributed by atoms with E-state index in [2.05, 4.69) is 5.32 Å². The summed E-state index contributed by atoms with van der Waals surface area (Å²) in [5.41, 5.74) is 0. The minimum Gasteiger partial charge on any atom is -0.481 e. The number of carboxylic acid groups (broad SMARTS) is 1. The summed E-state index contributed by atoms with van der Waals surface area (Å²) in [6, 6.07) is 0. The van der Waals surface area contributed by atoms with Crippen molar-refractivity contribution in [2.75, 3.05) is 20.6 Å². The summed E-state index contributed by atoms with van der Waals surface area (Å²) in [5, 5.41) is 10.6. The SMILES string of the molecule is CN(C)C(=O)CCNC(=O)CC(=O)O. The fourth-order valence-electron chi connectivity index (χ4n) is 0.732. The molecule has 0 saturated heterocycles. The van der Waals surface area contributed by atoms with Crippen molar-refractivity contribution in [1.82, 2.24) is 10.2 Å². The standard InChI is InChI=1S/C8H14N2O4/c1-10(2)7(12)3-4-9-6(11)5-8(13)14/h3-5H2,1-2H3,(H,9,11)(H,13,14). The van der Waals surface area contributed by atoms with Crippen LogP contribution in [0.2, 0.25) is 0 Å². The molecule has 0 aliphatic heterocycles. The third-order valence-electron chi connectivity index (χ3n) is 1.47. The summed E-state index contributed by atoms with van der Waals surface area (Å²) in [6.07, 6.45) is -0.380. The summed E-state index contributed by atoms with van der Waals surface area (Å²) in [6.45, 7) is 0.170. The first kappa shape index (κ1) is 12.4. The highest BCUT2D eigenvalue weighted by atomic mass is 16.4. The van der Waals surface area contributed by atoms with Crippen molar-refractivity contribution in [3.8, 4) is 0 Å². The van der Waals surface area contributed by atoms with E-state index in [1.54, 1.807) is 14.1 Å². The third-order valence-corrected chi connectivity index (χ3v) is 1.47. The lowest BCUT2D eigenvalue weighted by Crippen LogP contribution is -2.31. The van der Waals surface area contributed by atoms with Crippen molar-refractivity contribution in [2.45, 2.75) is 12.8 Å². The quantitative estimate of drug-likeness (QED) is 0.563. The van der Waals surface area contributed by atoms with Gasteiger partial charge in [-0.3, -0.25) is 14.4 Å². The molecule has 0 heterocycles. The monoisotopic (exact) mass is 202 g/mol. The minimum atomic E-state index is -1.18. The van der Waals surface area contributed by atoms with Crippen LogP contribution in [0, 0.1) is 0 Å². The van der Waals surface area contributed by atoms with Crippen LogP contribution < -0.4 is 5.32 Å². The molecule has 0 aromatic heterocycles. The molecule has 0 saturated carbocycles. The Labute approximate surface area is 81.9 Å². The highest BCUT2D eigenvalue weighted by molar-refractivity contribution is 5.93. The number of carboxylic acids is 1. The van der Waals surface area contributed by atoms with Crippen molar-refractivity contribution < 1.29 is 19.5 Å². The van der Waals surface area contributed by atoms with Crippen LogP contribution in [0.3, 0.4) is 0 Å². The molecule has 6 nitrogen and oxygen atoms in total. The molecule has 2 amide bonds. The molecule has 0 rings (SSSR count). The smallest absolute Gasteiger partial charge is 0.312 e. The Morgan fingerprint density at radius 3 is 2.29 bits per heavy atom. The van der Waals surface area contributed by atoms with Gasteiger partial charge in [0.1, 0.15) is 6.42 Å². The van der Waals surface area contributed by atoms with E-state index in [1.165, 1.54) is 4.90 Å². The maximum atomic E-state index is 11.0. The van der Waals surface area contributed by atoms with Crippen LogP contribution in [0.4, 0.5) is 0 Å². The van der Waals surface area contributed by atoms with Gasteiger partial charge in [-0.05, 0) is 0 Å². The highest BCUT2D eigenvalue weighted by Gasteiger charge is 2.08. The maximum absolute atomic E-state index is 11.0. The third kappa shape index (κ3) is 5.99. The lowest BCUT2D eigenvalue weighted by atomic mass is 10.3. The predicted molar refractivity (Wildman–Crippen MR) is 48.6 cm³/mol. The second-order valence-corrected chi connectivity index (χ2v) is 2.96. The molecule has 14 heavy (non-hydrogen) atoms. The van der Waals surface area contributed by atoms with Gasteiger partial charge < -0.3 is 15.3 Å². The van der Waals surface area contributed by atoms with E-state index in [-0.39, 0.29) is 18.9 Å². The van der Waals surface area contributed by atoms with Gasteiger partial charge in [-0.2, -0.15) is 0 Å². The lowest BCUT2D eigenvalue weighted by molar-refractivity contribution is -0.140. The topological polar surface area (TPSA) is 86.7 Å². The molecule has 0 radical (unpaired) electrons. The van der Waals surface area contributed by atoms with Crippen molar-refractivity contribution in [1.29, 1.82) is 0 Å². The van der Waals surface area contributed by atoms with Crippen LogP contribution in [0.15, 0.2) is 0 Å². The Kier molecular flexibility index (Phi) is 5.28. The number of rotatable bonds is 5. The molecule has 0 aromatic carbocycles. The molecule has 0 bridgehead atoms. The number of nitrogens with one attached hydrogen (secondary N) is 1. The van der Waals surface area contributed by atoms with Gasteiger partial charge in [0, 0.05) is 27.1 Å². The van der Waals surface area contributed by atoms with Crippen LogP contribution in [0.25, 0.3) is 0 Å². The Balaban J connectivity index is 3.59. The second-order valence-electron chi connectivity index (χ2n) is 2.96. The number of carbonyl (C=O) groups excluding carboxylic acids is 2. The molecule has 0 fully saturated rings. The fraction of sp³-hybridized carbons (Fsp3) is 0.625. The van der Waals surface area contributed by atoms with Crippen LogP contribution in [-0.4, -0.2) is 48.4 Å². The van der Waals surface area contributed by atoms with E-state index in [4.69, 9.17) is 5.11 Å². The summed E-state index contributed by atoms with van der Waals surface area (Å²) in [4.78, 5) is 33.3. The van der Waals surface area contributed by atoms with Crippen LogP contribution in [-0.2, 0) is 14.4 Å². The largest absolute Gasteiger partial charge is 0.481 e. The van der Waals surface area contributed by atoms with E-state index in [9.17, 15) is 14.4 Å². The van der Waals surface area contributed by atoms with Crippen LogP contribution in [0.5, 0.6) is 0 Å². The lowest BCUT2D eigenvalue weighted by Gasteiger charge is -2.09. The summed E-state index contributed by atoms with van der Waals surface area (Å²) >= 11 is 0. The first-order valence-electron chi connectivity index (χ1n) is 4.12. The number of carbonyl (C=O) groups is 3. The van der Waals surface area contributed by atoms with Gasteiger partial charge in [-0.15, -0.1) is 0 Å². The van der Waals surface area contributed by atoms with Gasteiger partial charge in [0.25, 0.3) is 0 Å². The van der Waals surface area contributed by atoms with Crippen molar-refractivity contribution >= 4 is 17.8 Å². The zero-order valence-electron chi connectivity index (χ0n) is 8.24. The maximum Gasteiger partial charge on any atom is 0.312 e. The van der Waals surface area contributed by atoms with E-state index >= 15 is 0 Å². The van der Waals surface area contributed by atoms with Crippen molar-refractivity contribution in [3.63, 3.8) is 0 Å². The Hall–Kier alpha value is -1.59. The van der Waals surface area contributed by atoms with Crippen LogP contribution in [0.1, 0.15) is 12.8 Å². The van der Waals surface area contributed by atoms with Gasteiger partial charge in [-0.25, -0.2) is 0 Å². The first-order valence-corrected chi connectivity index (χ1v) is 4.12. The zero-order chi connectivity index (χ0) is 11.1. The molecule has 0 atom stereocenters. The van der Waals surface area contributed by atoms with Gasteiger partial charge in [0.05, 0.1) is 0 Å². The Morgan fingerprint density at radius 1 is 1.29 bits per heavy atom. The van der Waals surface area contributed by atoms with Gasteiger partial charge in [-0.1, -0.05) is 0 Å². The van der Waals surface area contributed by atoms with E-state index in [0.29, 0.717) is 0 Å². The van der Waals surface area contributed by atoms with Gasteiger partial charge in [0.2, 0.25) is 11.8 Å². The number of aliphatic carboxylic acids is 1. The van der Waals surface area contributed by atoms with Crippen molar-refractivity contribution in [2.24, 2.45) is 0 Å². The van der Waals surface area contributed by atoms with Gasteiger partial charge >= 0.3 is 5.97 Å².